The molecule has 25 heavy (non-hydrogen) atoms. The van der Waals surface area contributed by atoms with E-state index in [1.165, 1.54) is 0 Å². The van der Waals surface area contributed by atoms with Crippen LogP contribution in [0.3, 0.4) is 0 Å². The number of aliphatic carboxylic acids is 2. The first-order chi connectivity index (χ1) is 11.1. The van der Waals surface area contributed by atoms with E-state index in [0.717, 1.165) is 0 Å². The quantitative estimate of drug-likeness (QED) is 0.0731. The molecule has 0 aromatic carbocycles. The molecule has 0 aliphatic rings. The number of carboxylic acid groups (broad SMARTS) is 2. The first-order valence-electron chi connectivity index (χ1n) is 7.16. The van der Waals surface area contributed by atoms with Crippen LogP contribution in [0.4, 0.5) is 0 Å². The van der Waals surface area contributed by atoms with Crippen molar-refractivity contribution in [1.29, 1.82) is 10.8 Å². The third kappa shape index (κ3) is 22.0. The minimum atomic E-state index is -1.25. The van der Waals surface area contributed by atoms with Gasteiger partial charge in [0.25, 0.3) is 0 Å². The van der Waals surface area contributed by atoms with Crippen molar-refractivity contribution < 1.29 is 39.3 Å². The SMILES string of the molecule is N=C(N)NCCC[C@H](N)C(=O)[O-].N=C(N)NCCC[C@H](N)C(=O)[O-].[Zn+2]. The van der Waals surface area contributed by atoms with Gasteiger partial charge in [0.2, 0.25) is 0 Å². The molecule has 12 nitrogen and oxygen atoms in total. The molecule has 13 heteroatoms. The largest absolute Gasteiger partial charge is 2.00 e. The molecule has 0 aromatic heterocycles. The first kappa shape index (κ1) is 27.9. The number of carbonyl (C=O) groups is 2. The van der Waals surface area contributed by atoms with Gasteiger partial charge in [0, 0.05) is 25.2 Å². The first-order valence-corrected chi connectivity index (χ1v) is 7.16. The van der Waals surface area contributed by atoms with Crippen molar-refractivity contribution in [2.24, 2.45) is 22.9 Å². The van der Waals surface area contributed by atoms with Crippen LogP contribution in [0.15, 0.2) is 0 Å². The molecule has 0 aliphatic heterocycles. The molecule has 0 saturated heterocycles. The van der Waals surface area contributed by atoms with Gasteiger partial charge in [-0.2, -0.15) is 0 Å². The standard InChI is InChI=1S/2C6H14N4O2.Zn/c2*7-4(5(11)12)2-1-3-10-6(8)9;/h2*4H,1-3,7H2,(H,11,12)(H4,8,9,10);/q;;+2/p-2/t2*4-;/m00./s1. The Balaban J connectivity index is -0.000000372. The molecule has 2 atom stereocenters. The van der Waals surface area contributed by atoms with E-state index in [0.29, 0.717) is 38.8 Å². The van der Waals surface area contributed by atoms with E-state index in [1.54, 1.807) is 0 Å². The Kier molecular flexibility index (Phi) is 18.8. The minimum Gasteiger partial charge on any atom is -0.548 e. The van der Waals surface area contributed by atoms with E-state index in [1.807, 2.05) is 0 Å². The molecule has 12 N–H and O–H groups in total. The van der Waals surface area contributed by atoms with E-state index in [2.05, 4.69) is 10.6 Å². The summed E-state index contributed by atoms with van der Waals surface area (Å²) in [7, 11) is 0. The molecular formula is C12H26N8O4Zn. The van der Waals surface area contributed by atoms with Crippen molar-refractivity contribution >= 4 is 23.9 Å². The van der Waals surface area contributed by atoms with Gasteiger partial charge in [0.15, 0.2) is 11.9 Å². The summed E-state index contributed by atoms with van der Waals surface area (Å²) >= 11 is 0. The van der Waals surface area contributed by atoms with Crippen LogP contribution in [0.2, 0.25) is 0 Å². The molecule has 0 heterocycles. The van der Waals surface area contributed by atoms with Crippen molar-refractivity contribution in [2.75, 3.05) is 13.1 Å². The van der Waals surface area contributed by atoms with Crippen molar-refractivity contribution in [3.63, 3.8) is 0 Å². The van der Waals surface area contributed by atoms with Gasteiger partial charge >= 0.3 is 19.5 Å². The van der Waals surface area contributed by atoms with Gasteiger partial charge in [-0.3, -0.25) is 10.8 Å². The van der Waals surface area contributed by atoms with Gasteiger partial charge < -0.3 is 53.4 Å². The summed E-state index contributed by atoms with van der Waals surface area (Å²) < 4.78 is 0. The van der Waals surface area contributed by atoms with Crippen molar-refractivity contribution in [3.05, 3.63) is 0 Å². The zero-order chi connectivity index (χ0) is 19.1. The second kappa shape index (κ2) is 16.9. The van der Waals surface area contributed by atoms with Crippen LogP contribution in [0, 0.1) is 10.8 Å². The second-order valence-electron chi connectivity index (χ2n) is 4.82. The molecule has 0 unspecified atom stereocenters. The van der Waals surface area contributed by atoms with Crippen LogP contribution >= 0.6 is 0 Å². The smallest absolute Gasteiger partial charge is 0.548 e. The van der Waals surface area contributed by atoms with Crippen LogP contribution in [-0.2, 0) is 29.1 Å². The zero-order valence-electron chi connectivity index (χ0n) is 14.0. The minimum absolute atomic E-state index is 0. The summed E-state index contributed by atoms with van der Waals surface area (Å²) in [5.41, 5.74) is 20.3. The number of rotatable bonds is 10. The molecule has 0 spiro atoms. The van der Waals surface area contributed by atoms with Gasteiger partial charge in [-0.05, 0) is 25.7 Å². The number of nitrogens with one attached hydrogen (secondary N) is 4. The summed E-state index contributed by atoms with van der Waals surface area (Å²) in [5.74, 6) is -2.76. The van der Waals surface area contributed by atoms with E-state index in [9.17, 15) is 19.8 Å². The van der Waals surface area contributed by atoms with Crippen LogP contribution in [-0.4, -0.2) is 49.0 Å². The van der Waals surface area contributed by atoms with Gasteiger partial charge in [-0.15, -0.1) is 0 Å². The predicted molar refractivity (Wildman–Crippen MR) is 84.3 cm³/mol. The average Bonchev–Trinajstić information content (AvgIpc) is 2.47. The van der Waals surface area contributed by atoms with Crippen molar-refractivity contribution in [3.8, 4) is 0 Å². The third-order valence-corrected chi connectivity index (χ3v) is 2.62. The summed E-state index contributed by atoms with van der Waals surface area (Å²) in [6.07, 6.45) is 1.74. The van der Waals surface area contributed by atoms with Crippen LogP contribution in [0.25, 0.3) is 0 Å². The zero-order valence-corrected chi connectivity index (χ0v) is 17.0. The molecule has 0 saturated carbocycles. The van der Waals surface area contributed by atoms with Crippen molar-refractivity contribution in [2.45, 2.75) is 37.8 Å². The van der Waals surface area contributed by atoms with Gasteiger partial charge in [0.05, 0.1) is 11.9 Å². The fourth-order valence-corrected chi connectivity index (χ4v) is 1.33. The molecule has 140 valence electrons. The monoisotopic (exact) mass is 410 g/mol. The van der Waals surface area contributed by atoms with Gasteiger partial charge in [-0.25, -0.2) is 0 Å². The number of nitrogens with two attached hydrogens (primary N) is 4. The Hall–Kier alpha value is -1.98. The molecule has 0 amide bonds. The van der Waals surface area contributed by atoms with E-state index >= 15 is 0 Å². The van der Waals surface area contributed by atoms with Gasteiger partial charge in [-0.1, -0.05) is 0 Å². The van der Waals surface area contributed by atoms with Crippen LogP contribution in [0.5, 0.6) is 0 Å². The maximum atomic E-state index is 10.1. The summed E-state index contributed by atoms with van der Waals surface area (Å²) in [5, 5.41) is 38.8. The average molecular weight is 412 g/mol. The fourth-order valence-electron chi connectivity index (χ4n) is 1.33. The molecule has 0 bridgehead atoms. The van der Waals surface area contributed by atoms with Crippen LogP contribution < -0.4 is 43.8 Å². The summed E-state index contributed by atoms with van der Waals surface area (Å²) in [4.78, 5) is 20.2. The van der Waals surface area contributed by atoms with Crippen molar-refractivity contribution in [1.82, 2.24) is 10.6 Å². The molecule has 0 radical (unpaired) electrons. The normalized spacial score (nSPS) is 11.6. The number of carbonyl (C=O) groups excluding carboxylic acids is 2. The third-order valence-electron chi connectivity index (χ3n) is 2.62. The number of guanidine groups is 2. The number of carboxylic acids is 2. The molecule has 0 aliphatic carbocycles. The van der Waals surface area contributed by atoms with Gasteiger partial charge in [0.1, 0.15) is 0 Å². The molecule has 0 rings (SSSR count). The molecular weight excluding hydrogens is 386 g/mol. The number of hydrogen-bond acceptors (Lipinski definition) is 8. The van der Waals surface area contributed by atoms with E-state index in [4.69, 9.17) is 33.8 Å². The molecule has 0 fully saturated rings. The Bertz CT molecular complexity index is 386. The van der Waals surface area contributed by atoms with E-state index in [-0.39, 0.29) is 31.4 Å². The number of hydrogen-bond donors (Lipinski definition) is 8. The topological polar surface area (TPSA) is 256 Å². The Morgan fingerprint density at radius 3 is 1.32 bits per heavy atom. The Morgan fingerprint density at radius 2 is 1.12 bits per heavy atom. The second-order valence-corrected chi connectivity index (χ2v) is 4.82. The van der Waals surface area contributed by atoms with Crippen LogP contribution in [0.1, 0.15) is 25.7 Å². The maximum Gasteiger partial charge on any atom is 2.00 e. The molecule has 0 aromatic rings. The maximum absolute atomic E-state index is 10.1. The predicted octanol–water partition coefficient (Wildman–Crippen LogP) is -5.35. The van der Waals surface area contributed by atoms with E-state index < -0.39 is 24.0 Å². The summed E-state index contributed by atoms with van der Waals surface area (Å²) in [6.45, 7) is 0.909. The fraction of sp³-hybridized carbons (Fsp3) is 0.667. The summed E-state index contributed by atoms with van der Waals surface area (Å²) in [6, 6.07) is -1.86. The Labute approximate surface area is 158 Å². The Morgan fingerprint density at radius 1 is 0.840 bits per heavy atom.